The monoisotopic (exact) mass is 488 g/mol. The zero-order chi connectivity index (χ0) is 25.3. The van der Waals surface area contributed by atoms with Gasteiger partial charge >= 0.3 is 12.1 Å². The summed E-state index contributed by atoms with van der Waals surface area (Å²) in [7, 11) is 0. The molecule has 1 N–H and O–H groups in total. The number of imide groups is 1. The second-order valence-corrected chi connectivity index (χ2v) is 8.90. The Bertz CT molecular complexity index is 1180. The summed E-state index contributed by atoms with van der Waals surface area (Å²) in [5, 5.41) is 2.25. The van der Waals surface area contributed by atoms with Crippen LogP contribution in [0, 0.1) is 17.8 Å². The highest BCUT2D eigenvalue weighted by molar-refractivity contribution is 6.22. The van der Waals surface area contributed by atoms with Gasteiger partial charge in [0.05, 0.1) is 28.7 Å². The van der Waals surface area contributed by atoms with E-state index in [1.807, 2.05) is 0 Å². The molecule has 2 aromatic carbocycles. The minimum atomic E-state index is -4.56. The van der Waals surface area contributed by atoms with Gasteiger partial charge in [-0.05, 0) is 61.6 Å². The topological polar surface area (TPSA) is 92.8 Å². The standard InChI is InChI=1S/C25H23F3N2O5/c1-14-8-9-19-20(10-14)23(33)30(22(19)32)18-7-2-4-15(11-18)24(34)35-13-21(31)29-17-6-3-5-16(12-17)25(26,27)28/h2-7,11-12,14,19-20H,8-10,13H2,1H3,(H,29,31)/t14-,19+,20-/m1/s1. The lowest BCUT2D eigenvalue weighted by atomic mass is 9.76. The van der Waals surface area contributed by atoms with Crippen molar-refractivity contribution < 1.29 is 37.1 Å². The number of carbonyl (C=O) groups is 4. The Morgan fingerprint density at radius 1 is 1.03 bits per heavy atom. The molecule has 3 atom stereocenters. The minimum Gasteiger partial charge on any atom is -0.452 e. The molecule has 35 heavy (non-hydrogen) atoms. The molecule has 4 rings (SSSR count). The van der Waals surface area contributed by atoms with Crippen molar-refractivity contribution in [3.63, 3.8) is 0 Å². The largest absolute Gasteiger partial charge is 0.452 e. The van der Waals surface area contributed by atoms with Gasteiger partial charge in [0, 0.05) is 5.69 Å². The van der Waals surface area contributed by atoms with Crippen LogP contribution in [0.25, 0.3) is 0 Å². The number of benzene rings is 2. The predicted molar refractivity (Wildman–Crippen MR) is 119 cm³/mol. The van der Waals surface area contributed by atoms with Crippen molar-refractivity contribution in [1.29, 1.82) is 0 Å². The number of halogens is 3. The van der Waals surface area contributed by atoms with Gasteiger partial charge in [0.1, 0.15) is 0 Å². The van der Waals surface area contributed by atoms with Crippen molar-refractivity contribution in [2.45, 2.75) is 32.4 Å². The Labute approximate surface area is 199 Å². The number of carbonyl (C=O) groups excluding carboxylic acids is 4. The fourth-order valence-corrected chi connectivity index (χ4v) is 4.60. The highest BCUT2D eigenvalue weighted by Gasteiger charge is 2.50. The molecule has 2 fully saturated rings. The number of anilines is 2. The van der Waals surface area contributed by atoms with Crippen LogP contribution in [0.2, 0.25) is 0 Å². The zero-order valence-electron chi connectivity index (χ0n) is 18.8. The van der Waals surface area contributed by atoms with Gasteiger partial charge in [-0.1, -0.05) is 19.1 Å². The molecule has 3 amide bonds. The average Bonchev–Trinajstić information content (AvgIpc) is 3.06. The van der Waals surface area contributed by atoms with E-state index in [0.717, 1.165) is 29.5 Å². The highest BCUT2D eigenvalue weighted by Crippen LogP contribution is 2.42. The van der Waals surface area contributed by atoms with Gasteiger partial charge in [-0.3, -0.25) is 19.3 Å². The second kappa shape index (κ2) is 9.52. The summed E-state index contributed by atoms with van der Waals surface area (Å²) >= 11 is 0. The van der Waals surface area contributed by atoms with Crippen molar-refractivity contribution >= 4 is 35.1 Å². The Morgan fingerprint density at radius 3 is 2.49 bits per heavy atom. The zero-order valence-corrected chi connectivity index (χ0v) is 18.8. The number of hydrogen-bond acceptors (Lipinski definition) is 5. The van der Waals surface area contributed by atoms with Gasteiger partial charge in [-0.2, -0.15) is 13.2 Å². The molecule has 1 aliphatic carbocycles. The van der Waals surface area contributed by atoms with Crippen molar-refractivity contribution in [3.8, 4) is 0 Å². The first kappa shape index (κ1) is 24.4. The Morgan fingerprint density at radius 2 is 1.74 bits per heavy atom. The van der Waals surface area contributed by atoms with Crippen molar-refractivity contribution in [2.75, 3.05) is 16.8 Å². The van der Waals surface area contributed by atoms with E-state index < -0.39 is 30.2 Å². The van der Waals surface area contributed by atoms with Crippen molar-refractivity contribution in [3.05, 3.63) is 59.7 Å². The number of hydrogen-bond donors (Lipinski definition) is 1. The molecule has 1 saturated heterocycles. The number of esters is 1. The van der Waals surface area contributed by atoms with Crippen LogP contribution >= 0.6 is 0 Å². The number of nitrogens with one attached hydrogen (secondary N) is 1. The normalized spacial score (nSPS) is 22.1. The van der Waals surface area contributed by atoms with Gasteiger partial charge in [0.25, 0.3) is 5.91 Å². The first-order chi connectivity index (χ1) is 16.5. The van der Waals surface area contributed by atoms with E-state index in [0.29, 0.717) is 18.8 Å². The number of amides is 3. The van der Waals surface area contributed by atoms with Gasteiger partial charge in [0.15, 0.2) is 6.61 Å². The molecule has 2 aromatic rings. The van der Waals surface area contributed by atoms with E-state index >= 15 is 0 Å². The minimum absolute atomic E-state index is 0.0261. The van der Waals surface area contributed by atoms with Gasteiger partial charge in [-0.25, -0.2) is 4.79 Å². The van der Waals surface area contributed by atoms with E-state index in [1.165, 1.54) is 24.3 Å². The van der Waals surface area contributed by atoms with Crippen LogP contribution in [0.3, 0.4) is 0 Å². The molecule has 0 unspecified atom stereocenters. The van der Waals surface area contributed by atoms with Crippen LogP contribution in [0.1, 0.15) is 42.1 Å². The van der Waals surface area contributed by atoms with E-state index in [1.54, 1.807) is 6.07 Å². The maximum Gasteiger partial charge on any atom is 0.416 e. The molecule has 184 valence electrons. The summed E-state index contributed by atoms with van der Waals surface area (Å²) in [6.07, 6.45) is -2.39. The highest BCUT2D eigenvalue weighted by atomic mass is 19.4. The quantitative estimate of drug-likeness (QED) is 0.497. The number of fused-ring (bicyclic) bond motifs is 1. The molecule has 1 heterocycles. The summed E-state index contributed by atoms with van der Waals surface area (Å²) in [6, 6.07) is 9.88. The van der Waals surface area contributed by atoms with Gasteiger partial charge < -0.3 is 10.1 Å². The van der Waals surface area contributed by atoms with Crippen LogP contribution in [-0.4, -0.2) is 30.3 Å². The molecule has 7 nitrogen and oxygen atoms in total. The second-order valence-electron chi connectivity index (χ2n) is 8.90. The maximum absolute atomic E-state index is 12.9. The lowest BCUT2D eigenvalue weighted by molar-refractivity contribution is -0.137. The summed E-state index contributed by atoms with van der Waals surface area (Å²) in [4.78, 5) is 51.5. The van der Waals surface area contributed by atoms with Gasteiger partial charge in [-0.15, -0.1) is 0 Å². The van der Waals surface area contributed by atoms with Crippen LogP contribution < -0.4 is 10.2 Å². The van der Waals surface area contributed by atoms with Crippen molar-refractivity contribution in [2.24, 2.45) is 17.8 Å². The molecular formula is C25H23F3N2O5. The van der Waals surface area contributed by atoms with Crippen molar-refractivity contribution in [1.82, 2.24) is 0 Å². The Balaban J connectivity index is 1.39. The van der Waals surface area contributed by atoms with Crippen LogP contribution in [0.4, 0.5) is 24.5 Å². The van der Waals surface area contributed by atoms with Crippen LogP contribution in [0.5, 0.6) is 0 Å². The lowest BCUT2D eigenvalue weighted by Gasteiger charge is -2.25. The predicted octanol–water partition coefficient (Wildman–Crippen LogP) is 4.43. The Kier molecular flexibility index (Phi) is 6.64. The molecule has 2 aliphatic rings. The third-order valence-corrected chi connectivity index (χ3v) is 6.34. The third-order valence-electron chi connectivity index (χ3n) is 6.34. The van der Waals surface area contributed by atoms with E-state index in [4.69, 9.17) is 4.74 Å². The SMILES string of the molecule is C[C@@H]1CC[C@@H]2C(=O)N(c3cccc(C(=O)OCC(=O)Nc4cccc(C(F)(F)F)c4)c3)C(=O)[C@@H]2C1. The third kappa shape index (κ3) is 5.21. The summed E-state index contributed by atoms with van der Waals surface area (Å²) < 4.78 is 43.4. The van der Waals surface area contributed by atoms with Crippen LogP contribution in [-0.2, 0) is 25.3 Å². The smallest absolute Gasteiger partial charge is 0.416 e. The summed E-state index contributed by atoms with van der Waals surface area (Å²) in [5.41, 5.74) is -0.739. The molecular weight excluding hydrogens is 465 g/mol. The first-order valence-corrected chi connectivity index (χ1v) is 11.2. The number of nitrogens with zero attached hydrogens (tertiary/aromatic N) is 1. The van der Waals surface area contributed by atoms with E-state index in [2.05, 4.69) is 12.2 Å². The fraction of sp³-hybridized carbons (Fsp3) is 0.360. The maximum atomic E-state index is 12.9. The molecule has 0 radical (unpaired) electrons. The molecule has 0 spiro atoms. The number of alkyl halides is 3. The molecule has 1 saturated carbocycles. The van der Waals surface area contributed by atoms with Gasteiger partial charge in [0.2, 0.25) is 11.8 Å². The summed E-state index contributed by atoms with van der Waals surface area (Å²) in [5.74, 6) is -2.62. The van der Waals surface area contributed by atoms with E-state index in [-0.39, 0.29) is 40.6 Å². The first-order valence-electron chi connectivity index (χ1n) is 11.2. The number of rotatable bonds is 5. The Hall–Kier alpha value is -3.69. The van der Waals surface area contributed by atoms with Crippen LogP contribution in [0.15, 0.2) is 48.5 Å². The number of ether oxygens (including phenoxy) is 1. The molecule has 1 aliphatic heterocycles. The molecule has 0 aromatic heterocycles. The summed E-state index contributed by atoms with van der Waals surface area (Å²) in [6.45, 7) is 1.32. The van der Waals surface area contributed by atoms with E-state index in [9.17, 15) is 32.3 Å². The molecule has 0 bridgehead atoms. The fourth-order valence-electron chi connectivity index (χ4n) is 4.60. The lowest BCUT2D eigenvalue weighted by Crippen LogP contribution is -2.31. The molecule has 10 heteroatoms. The average molecular weight is 488 g/mol.